The molecule has 166 valence electrons. The zero-order chi connectivity index (χ0) is 23.8. The van der Waals surface area contributed by atoms with E-state index in [1.807, 2.05) is 0 Å². The second kappa shape index (κ2) is 10.5. The predicted molar refractivity (Wildman–Crippen MR) is 113 cm³/mol. The van der Waals surface area contributed by atoms with Crippen molar-refractivity contribution in [2.75, 3.05) is 25.0 Å². The highest BCUT2D eigenvalue weighted by molar-refractivity contribution is 6.67. The van der Waals surface area contributed by atoms with E-state index in [9.17, 15) is 24.0 Å². The van der Waals surface area contributed by atoms with Gasteiger partial charge >= 0.3 is 17.9 Å². The van der Waals surface area contributed by atoms with Crippen molar-refractivity contribution in [3.63, 3.8) is 0 Å². The number of esters is 2. The van der Waals surface area contributed by atoms with Crippen LogP contribution in [0.15, 0.2) is 47.6 Å². The molecule has 0 radical (unpaired) electrons. The van der Waals surface area contributed by atoms with Gasteiger partial charge in [-0.1, -0.05) is 6.07 Å². The third-order valence-electron chi connectivity index (χ3n) is 4.05. The zero-order valence-corrected chi connectivity index (χ0v) is 17.3. The molecule has 11 nitrogen and oxygen atoms in total. The number of Topliss-reactive ketones (excluding diaryl/α,β-unsaturated/α-hetero) is 1. The topological polar surface area (TPSA) is 160 Å². The van der Waals surface area contributed by atoms with Gasteiger partial charge in [0.15, 0.2) is 11.5 Å². The standard InChI is InChI=1S/C21H19N3O8/c1-11(25)17(18(26)22-14-6-4-5-12(9-14)19(27)28)24-23-16-10-13(20(29)31-2)7-8-15(16)21(30)32-3/h4-10,23H,1-3H3,(H,22,26)(H,27,28)/b24-17-. The lowest BCUT2D eigenvalue weighted by Gasteiger charge is -2.11. The van der Waals surface area contributed by atoms with Gasteiger partial charge in [0.2, 0.25) is 0 Å². The second-order valence-corrected chi connectivity index (χ2v) is 6.21. The van der Waals surface area contributed by atoms with Crippen molar-refractivity contribution in [2.45, 2.75) is 6.92 Å². The maximum atomic E-state index is 12.5. The molecule has 3 N–H and O–H groups in total. The Balaban J connectivity index is 2.37. The van der Waals surface area contributed by atoms with E-state index in [1.54, 1.807) is 0 Å². The van der Waals surface area contributed by atoms with Gasteiger partial charge in [-0.15, -0.1) is 0 Å². The molecule has 2 aromatic rings. The zero-order valence-electron chi connectivity index (χ0n) is 17.3. The summed E-state index contributed by atoms with van der Waals surface area (Å²) in [6, 6.07) is 9.27. The van der Waals surface area contributed by atoms with Crippen molar-refractivity contribution < 1.29 is 38.6 Å². The van der Waals surface area contributed by atoms with E-state index in [0.29, 0.717) is 0 Å². The minimum Gasteiger partial charge on any atom is -0.478 e. The van der Waals surface area contributed by atoms with Crippen molar-refractivity contribution in [1.82, 2.24) is 0 Å². The molecule has 0 saturated carbocycles. The van der Waals surface area contributed by atoms with Gasteiger partial charge in [-0.25, -0.2) is 14.4 Å². The molecule has 0 saturated heterocycles. The Kier molecular flexibility index (Phi) is 7.77. The van der Waals surface area contributed by atoms with E-state index < -0.39 is 35.3 Å². The number of hydrogen-bond donors (Lipinski definition) is 3. The van der Waals surface area contributed by atoms with Crippen LogP contribution in [0.2, 0.25) is 0 Å². The fraction of sp³-hybridized carbons (Fsp3) is 0.143. The van der Waals surface area contributed by atoms with E-state index in [-0.39, 0.29) is 28.1 Å². The first-order valence-corrected chi connectivity index (χ1v) is 8.98. The van der Waals surface area contributed by atoms with E-state index in [1.165, 1.54) is 49.6 Å². The van der Waals surface area contributed by atoms with Gasteiger partial charge in [-0.3, -0.25) is 15.0 Å². The van der Waals surface area contributed by atoms with Crippen molar-refractivity contribution >= 4 is 46.7 Å². The number of nitrogens with one attached hydrogen (secondary N) is 2. The molecule has 0 heterocycles. The maximum absolute atomic E-state index is 12.5. The van der Waals surface area contributed by atoms with Crippen molar-refractivity contribution in [2.24, 2.45) is 5.10 Å². The van der Waals surface area contributed by atoms with Crippen molar-refractivity contribution in [3.8, 4) is 0 Å². The van der Waals surface area contributed by atoms with Crippen LogP contribution >= 0.6 is 0 Å². The van der Waals surface area contributed by atoms with Crippen LogP contribution in [0.4, 0.5) is 11.4 Å². The number of rotatable bonds is 8. The number of carbonyl (C=O) groups is 5. The molecule has 2 aromatic carbocycles. The summed E-state index contributed by atoms with van der Waals surface area (Å²) in [4.78, 5) is 59.4. The Morgan fingerprint density at radius 2 is 1.59 bits per heavy atom. The number of methoxy groups -OCH3 is 2. The smallest absolute Gasteiger partial charge is 0.340 e. The number of carboxylic acid groups (broad SMARTS) is 1. The Bertz CT molecular complexity index is 1120. The number of benzene rings is 2. The van der Waals surface area contributed by atoms with Gasteiger partial charge in [-0.05, 0) is 36.4 Å². The minimum absolute atomic E-state index is 0.0126. The maximum Gasteiger partial charge on any atom is 0.340 e. The molecule has 0 aliphatic carbocycles. The summed E-state index contributed by atoms with van der Waals surface area (Å²) in [7, 11) is 2.34. The molecule has 0 unspecified atom stereocenters. The number of carbonyl (C=O) groups excluding carboxylic acids is 4. The van der Waals surface area contributed by atoms with Crippen LogP contribution in [0.3, 0.4) is 0 Å². The highest BCUT2D eigenvalue weighted by Crippen LogP contribution is 2.20. The number of ketones is 1. The first kappa shape index (κ1) is 23.7. The van der Waals surface area contributed by atoms with Crippen LogP contribution < -0.4 is 10.7 Å². The molecular weight excluding hydrogens is 422 g/mol. The number of carboxylic acids is 1. The molecule has 1 amide bonds. The minimum atomic E-state index is -1.19. The molecule has 0 aliphatic rings. The van der Waals surface area contributed by atoms with Crippen LogP contribution in [0.1, 0.15) is 38.0 Å². The van der Waals surface area contributed by atoms with Gasteiger partial charge in [0, 0.05) is 12.6 Å². The van der Waals surface area contributed by atoms with E-state index in [4.69, 9.17) is 5.11 Å². The first-order chi connectivity index (χ1) is 15.2. The average Bonchev–Trinajstić information content (AvgIpc) is 2.77. The molecule has 0 bridgehead atoms. The Hall–Kier alpha value is -4.54. The summed E-state index contributed by atoms with van der Waals surface area (Å²) in [6.07, 6.45) is 0. The van der Waals surface area contributed by atoms with Gasteiger partial charge < -0.3 is 19.9 Å². The second-order valence-electron chi connectivity index (χ2n) is 6.21. The molecular formula is C21H19N3O8. The van der Waals surface area contributed by atoms with Crippen molar-refractivity contribution in [1.29, 1.82) is 0 Å². The molecule has 2 rings (SSSR count). The fourth-order valence-corrected chi connectivity index (χ4v) is 2.50. The molecule has 0 aromatic heterocycles. The van der Waals surface area contributed by atoms with Gasteiger partial charge in [0.25, 0.3) is 5.91 Å². The summed E-state index contributed by atoms with van der Waals surface area (Å²) in [5, 5.41) is 15.2. The van der Waals surface area contributed by atoms with E-state index >= 15 is 0 Å². The monoisotopic (exact) mass is 441 g/mol. The van der Waals surface area contributed by atoms with Gasteiger partial charge in [-0.2, -0.15) is 5.10 Å². The molecule has 11 heteroatoms. The Morgan fingerprint density at radius 1 is 0.906 bits per heavy atom. The average molecular weight is 441 g/mol. The fourth-order valence-electron chi connectivity index (χ4n) is 2.50. The molecule has 0 atom stereocenters. The lowest BCUT2D eigenvalue weighted by atomic mass is 10.1. The number of anilines is 2. The third-order valence-corrected chi connectivity index (χ3v) is 4.05. The number of amides is 1. The number of nitrogens with zero attached hydrogens (tertiary/aromatic N) is 1. The molecule has 0 aliphatic heterocycles. The summed E-state index contributed by atoms with van der Waals surface area (Å²) in [5.74, 6) is -4.26. The summed E-state index contributed by atoms with van der Waals surface area (Å²) < 4.78 is 9.31. The molecule has 0 spiro atoms. The van der Waals surface area contributed by atoms with E-state index in [2.05, 4.69) is 25.3 Å². The number of hydrazone groups is 1. The summed E-state index contributed by atoms with van der Waals surface area (Å²) in [6.45, 7) is 1.10. The Morgan fingerprint density at radius 3 is 2.19 bits per heavy atom. The lowest BCUT2D eigenvalue weighted by Crippen LogP contribution is -2.29. The SMILES string of the molecule is COC(=O)c1ccc(C(=O)OC)c(N/N=C(/C(C)=O)C(=O)Nc2cccc(C(=O)O)c2)c1. The lowest BCUT2D eigenvalue weighted by molar-refractivity contribution is -0.114. The summed E-state index contributed by atoms with van der Waals surface area (Å²) >= 11 is 0. The number of hydrogen-bond acceptors (Lipinski definition) is 9. The van der Waals surface area contributed by atoms with E-state index in [0.717, 1.165) is 14.0 Å². The highest BCUT2D eigenvalue weighted by atomic mass is 16.5. The van der Waals surface area contributed by atoms with Crippen LogP contribution in [0, 0.1) is 0 Å². The number of ether oxygens (including phenoxy) is 2. The van der Waals surface area contributed by atoms with Crippen molar-refractivity contribution in [3.05, 3.63) is 59.2 Å². The normalized spacial score (nSPS) is 10.7. The third kappa shape index (κ3) is 5.75. The largest absolute Gasteiger partial charge is 0.478 e. The summed E-state index contributed by atoms with van der Waals surface area (Å²) in [5.41, 5.74) is 1.98. The Labute approximate surface area is 182 Å². The van der Waals surface area contributed by atoms with Crippen LogP contribution in [-0.4, -0.2) is 54.6 Å². The van der Waals surface area contributed by atoms with Crippen LogP contribution in [-0.2, 0) is 19.1 Å². The quantitative estimate of drug-likeness (QED) is 0.241. The number of aromatic carboxylic acids is 1. The van der Waals surface area contributed by atoms with Gasteiger partial charge in [0.05, 0.1) is 36.6 Å². The highest BCUT2D eigenvalue weighted by Gasteiger charge is 2.20. The predicted octanol–water partition coefficient (Wildman–Crippen LogP) is 1.95. The van der Waals surface area contributed by atoms with Crippen LogP contribution in [0.5, 0.6) is 0 Å². The van der Waals surface area contributed by atoms with Gasteiger partial charge in [0.1, 0.15) is 0 Å². The van der Waals surface area contributed by atoms with Crippen LogP contribution in [0.25, 0.3) is 0 Å². The molecule has 32 heavy (non-hydrogen) atoms. The molecule has 0 fully saturated rings. The first-order valence-electron chi connectivity index (χ1n) is 8.98.